The minimum absolute atomic E-state index is 0.628. The average molecular weight is 355 g/mol. The highest BCUT2D eigenvalue weighted by Gasteiger charge is 2.04. The summed E-state index contributed by atoms with van der Waals surface area (Å²) in [6.07, 6.45) is 10.0. The summed E-state index contributed by atoms with van der Waals surface area (Å²) in [4.78, 5) is 2.53. The maximum Gasteiger partial charge on any atom is 0.229 e. The molecule has 0 aliphatic heterocycles. The number of hydrogen-bond acceptors (Lipinski definition) is 3. The van der Waals surface area contributed by atoms with Crippen molar-refractivity contribution >= 4 is 15.7 Å². The Balaban J connectivity index is 2.27. The van der Waals surface area contributed by atoms with Gasteiger partial charge in [-0.05, 0) is 56.6 Å². The van der Waals surface area contributed by atoms with Gasteiger partial charge in [0.25, 0.3) is 0 Å². The van der Waals surface area contributed by atoms with Crippen LogP contribution in [-0.4, -0.2) is 39.2 Å². The maximum atomic E-state index is 11.2. The van der Waals surface area contributed by atoms with Crippen molar-refractivity contribution in [1.29, 1.82) is 0 Å². The number of sulfonamides is 1. The lowest BCUT2D eigenvalue weighted by Crippen LogP contribution is -2.26. The Morgan fingerprint density at radius 2 is 1.54 bits per heavy atom. The van der Waals surface area contributed by atoms with Gasteiger partial charge in [0.1, 0.15) is 0 Å². The lowest BCUT2D eigenvalue weighted by atomic mass is 10.1. The number of rotatable bonds is 13. The van der Waals surface area contributed by atoms with Gasteiger partial charge in [0.05, 0.1) is 6.26 Å². The van der Waals surface area contributed by atoms with E-state index in [4.69, 9.17) is 0 Å². The Morgan fingerprint density at radius 3 is 2.12 bits per heavy atom. The highest BCUT2D eigenvalue weighted by Crippen LogP contribution is 2.12. The number of aryl methyl sites for hydroxylation is 1. The van der Waals surface area contributed by atoms with Crippen LogP contribution in [0.4, 0.5) is 5.69 Å². The first-order valence-corrected chi connectivity index (χ1v) is 11.1. The van der Waals surface area contributed by atoms with E-state index in [1.807, 2.05) is 24.3 Å². The predicted octanol–water partition coefficient (Wildman–Crippen LogP) is 4.28. The van der Waals surface area contributed by atoms with E-state index in [-0.39, 0.29) is 0 Å². The molecule has 0 bridgehead atoms. The van der Waals surface area contributed by atoms with E-state index in [0.717, 1.165) is 25.9 Å². The lowest BCUT2D eigenvalue weighted by Gasteiger charge is -2.20. The van der Waals surface area contributed by atoms with E-state index < -0.39 is 10.0 Å². The SMILES string of the molecule is CCCCCCCN(CC)CCCc1ccc(NS(C)(=O)=O)cc1. The first-order chi connectivity index (χ1) is 11.4. The molecule has 0 fully saturated rings. The quantitative estimate of drug-likeness (QED) is 0.538. The van der Waals surface area contributed by atoms with Gasteiger partial charge in [-0.1, -0.05) is 51.7 Å². The van der Waals surface area contributed by atoms with E-state index in [0.29, 0.717) is 5.69 Å². The zero-order chi connectivity index (χ0) is 17.8. The Kier molecular flexibility index (Phi) is 10.0. The summed E-state index contributed by atoms with van der Waals surface area (Å²) in [6, 6.07) is 7.69. The fourth-order valence-corrected chi connectivity index (χ4v) is 3.39. The minimum atomic E-state index is -3.19. The molecule has 0 unspecified atom stereocenters. The number of nitrogens with one attached hydrogen (secondary N) is 1. The van der Waals surface area contributed by atoms with Gasteiger partial charge in [-0.15, -0.1) is 0 Å². The smallest absolute Gasteiger partial charge is 0.229 e. The molecule has 138 valence electrons. The summed E-state index contributed by atoms with van der Waals surface area (Å²) in [5.74, 6) is 0. The summed E-state index contributed by atoms with van der Waals surface area (Å²) in [6.45, 7) is 7.94. The van der Waals surface area contributed by atoms with Crippen LogP contribution in [0.15, 0.2) is 24.3 Å². The van der Waals surface area contributed by atoms with Gasteiger partial charge in [-0.3, -0.25) is 4.72 Å². The van der Waals surface area contributed by atoms with E-state index in [2.05, 4.69) is 23.5 Å². The van der Waals surface area contributed by atoms with Gasteiger partial charge < -0.3 is 4.90 Å². The van der Waals surface area contributed by atoms with Gasteiger partial charge in [0, 0.05) is 5.69 Å². The van der Waals surface area contributed by atoms with Crippen LogP contribution in [0.1, 0.15) is 57.9 Å². The molecule has 0 saturated carbocycles. The standard InChI is InChI=1S/C19H34N2O2S/c1-4-6-7-8-9-16-21(5-2)17-10-11-18-12-14-19(15-13-18)20-24(3,22)23/h12-15,20H,4-11,16-17H2,1-3H3. The van der Waals surface area contributed by atoms with Crippen LogP contribution >= 0.6 is 0 Å². The molecule has 4 nitrogen and oxygen atoms in total. The first-order valence-electron chi connectivity index (χ1n) is 9.23. The van der Waals surface area contributed by atoms with Crippen LogP contribution in [0.3, 0.4) is 0 Å². The van der Waals surface area contributed by atoms with Crippen LogP contribution in [0, 0.1) is 0 Å². The third-order valence-electron chi connectivity index (χ3n) is 4.22. The Hall–Kier alpha value is -1.07. The topological polar surface area (TPSA) is 49.4 Å². The van der Waals surface area contributed by atoms with E-state index >= 15 is 0 Å². The second-order valence-electron chi connectivity index (χ2n) is 6.52. The van der Waals surface area contributed by atoms with Crippen molar-refractivity contribution in [3.63, 3.8) is 0 Å². The third kappa shape index (κ3) is 9.93. The highest BCUT2D eigenvalue weighted by molar-refractivity contribution is 7.92. The van der Waals surface area contributed by atoms with Gasteiger partial charge in [-0.2, -0.15) is 0 Å². The van der Waals surface area contributed by atoms with Crippen molar-refractivity contribution in [3.8, 4) is 0 Å². The molecule has 0 radical (unpaired) electrons. The normalized spacial score (nSPS) is 11.8. The summed E-state index contributed by atoms with van der Waals surface area (Å²) in [5.41, 5.74) is 1.89. The predicted molar refractivity (Wildman–Crippen MR) is 104 cm³/mol. The highest BCUT2D eigenvalue weighted by atomic mass is 32.2. The van der Waals surface area contributed by atoms with E-state index in [9.17, 15) is 8.42 Å². The maximum absolute atomic E-state index is 11.2. The minimum Gasteiger partial charge on any atom is -0.304 e. The molecule has 0 spiro atoms. The lowest BCUT2D eigenvalue weighted by molar-refractivity contribution is 0.277. The van der Waals surface area contributed by atoms with Crippen molar-refractivity contribution in [2.24, 2.45) is 0 Å². The third-order valence-corrected chi connectivity index (χ3v) is 4.83. The van der Waals surface area contributed by atoms with Gasteiger partial charge >= 0.3 is 0 Å². The second-order valence-corrected chi connectivity index (χ2v) is 8.27. The molecule has 0 saturated heterocycles. The van der Waals surface area contributed by atoms with Crippen molar-refractivity contribution in [3.05, 3.63) is 29.8 Å². The molecule has 1 aromatic rings. The molecule has 0 heterocycles. The number of unbranched alkanes of at least 4 members (excludes halogenated alkanes) is 4. The Labute approximate surface area is 148 Å². The van der Waals surface area contributed by atoms with Crippen LogP contribution in [-0.2, 0) is 16.4 Å². The largest absolute Gasteiger partial charge is 0.304 e. The summed E-state index contributed by atoms with van der Waals surface area (Å²) in [7, 11) is -3.19. The molecule has 0 atom stereocenters. The van der Waals surface area contributed by atoms with Crippen molar-refractivity contribution in [2.75, 3.05) is 30.6 Å². The van der Waals surface area contributed by atoms with Crippen LogP contribution < -0.4 is 4.72 Å². The number of anilines is 1. The molecule has 0 aromatic heterocycles. The van der Waals surface area contributed by atoms with E-state index in [1.165, 1.54) is 50.5 Å². The van der Waals surface area contributed by atoms with E-state index in [1.54, 1.807) is 0 Å². The zero-order valence-corrected chi connectivity index (χ0v) is 16.4. The van der Waals surface area contributed by atoms with Crippen LogP contribution in [0.5, 0.6) is 0 Å². The monoisotopic (exact) mass is 354 g/mol. The molecule has 1 aromatic carbocycles. The zero-order valence-electron chi connectivity index (χ0n) is 15.6. The van der Waals surface area contributed by atoms with Crippen LogP contribution in [0.25, 0.3) is 0 Å². The van der Waals surface area contributed by atoms with Crippen LogP contribution in [0.2, 0.25) is 0 Å². The molecule has 24 heavy (non-hydrogen) atoms. The summed E-state index contributed by atoms with van der Waals surface area (Å²) in [5, 5.41) is 0. The average Bonchev–Trinajstić information content (AvgIpc) is 2.53. The number of hydrogen-bond donors (Lipinski definition) is 1. The molecular formula is C19H34N2O2S. The molecule has 0 amide bonds. The van der Waals surface area contributed by atoms with Crippen molar-refractivity contribution in [1.82, 2.24) is 4.90 Å². The molecule has 0 aliphatic carbocycles. The molecule has 1 N–H and O–H groups in total. The second kappa shape index (κ2) is 11.5. The molecule has 0 aliphatic rings. The summed E-state index contributed by atoms with van der Waals surface area (Å²) >= 11 is 0. The molecule has 5 heteroatoms. The first kappa shape index (κ1) is 21.0. The number of nitrogens with zero attached hydrogens (tertiary/aromatic N) is 1. The summed E-state index contributed by atoms with van der Waals surface area (Å²) < 4.78 is 24.9. The Bertz CT molecular complexity index is 541. The Morgan fingerprint density at radius 1 is 0.917 bits per heavy atom. The van der Waals surface area contributed by atoms with Crippen molar-refractivity contribution in [2.45, 2.75) is 58.8 Å². The number of benzene rings is 1. The fourth-order valence-electron chi connectivity index (χ4n) is 2.83. The molecular weight excluding hydrogens is 320 g/mol. The van der Waals surface area contributed by atoms with Gasteiger partial charge in [-0.25, -0.2) is 8.42 Å². The molecule has 1 rings (SSSR count). The van der Waals surface area contributed by atoms with Gasteiger partial charge in [0.15, 0.2) is 0 Å². The van der Waals surface area contributed by atoms with Crippen molar-refractivity contribution < 1.29 is 8.42 Å². The fraction of sp³-hybridized carbons (Fsp3) is 0.684. The van der Waals surface area contributed by atoms with Gasteiger partial charge in [0.2, 0.25) is 10.0 Å².